The molecule has 1 rings (SSSR count). The molecule has 0 radical (unpaired) electrons. The molecule has 4 heteroatoms. The van der Waals surface area contributed by atoms with Crippen LogP contribution in [0.5, 0.6) is 0 Å². The lowest BCUT2D eigenvalue weighted by molar-refractivity contribution is 0.686. The van der Waals surface area contributed by atoms with Crippen molar-refractivity contribution in [2.24, 2.45) is 4.99 Å². The molecule has 1 unspecified atom stereocenters. The summed E-state index contributed by atoms with van der Waals surface area (Å²) in [5.41, 5.74) is 1.39. The first-order valence-electron chi connectivity index (χ1n) is 6.24. The van der Waals surface area contributed by atoms with Crippen molar-refractivity contribution in [3.8, 4) is 0 Å². The van der Waals surface area contributed by atoms with Gasteiger partial charge in [0.1, 0.15) is 0 Å². The normalized spacial score (nSPS) is 13.5. The first-order chi connectivity index (χ1) is 8.27. The van der Waals surface area contributed by atoms with E-state index in [4.69, 9.17) is 0 Å². The lowest BCUT2D eigenvalue weighted by Crippen LogP contribution is -2.39. The first kappa shape index (κ1) is 14.0. The molecule has 0 fully saturated rings. The molecule has 3 nitrogen and oxygen atoms in total. The van der Waals surface area contributed by atoms with E-state index in [1.807, 2.05) is 7.05 Å². The monoisotopic (exact) mass is 253 g/mol. The fraction of sp³-hybridized carbons (Fsp3) is 0.615. The summed E-state index contributed by atoms with van der Waals surface area (Å²) in [7, 11) is 1.82. The van der Waals surface area contributed by atoms with Crippen molar-refractivity contribution in [1.29, 1.82) is 0 Å². The first-order valence-corrected chi connectivity index (χ1v) is 7.18. The van der Waals surface area contributed by atoms with Gasteiger partial charge in [-0.1, -0.05) is 20.3 Å². The molecule has 1 aromatic heterocycles. The summed E-state index contributed by atoms with van der Waals surface area (Å²) < 4.78 is 0. The zero-order valence-electron chi connectivity index (χ0n) is 11.0. The Morgan fingerprint density at radius 3 is 2.88 bits per heavy atom. The van der Waals surface area contributed by atoms with E-state index in [0.717, 1.165) is 19.0 Å². The number of unbranched alkanes of at least 4 members (excludes halogenated alkanes) is 1. The minimum atomic E-state index is 0.519. The molecule has 0 amide bonds. The Labute approximate surface area is 108 Å². The van der Waals surface area contributed by atoms with Gasteiger partial charge in [-0.05, 0) is 34.7 Å². The molecule has 0 saturated carbocycles. The van der Waals surface area contributed by atoms with Crippen LogP contribution in [0.15, 0.2) is 21.8 Å². The summed E-state index contributed by atoms with van der Waals surface area (Å²) in [5, 5.41) is 11.0. The van der Waals surface area contributed by atoms with E-state index in [9.17, 15) is 0 Å². The van der Waals surface area contributed by atoms with Crippen LogP contribution in [0.25, 0.3) is 0 Å². The van der Waals surface area contributed by atoms with Crippen LogP contribution < -0.4 is 10.6 Å². The number of rotatable bonds is 6. The van der Waals surface area contributed by atoms with E-state index in [1.54, 1.807) is 11.3 Å². The Hall–Kier alpha value is -1.03. The van der Waals surface area contributed by atoms with Crippen LogP contribution in [0.2, 0.25) is 0 Å². The van der Waals surface area contributed by atoms with E-state index in [2.05, 4.69) is 46.3 Å². The highest BCUT2D eigenvalue weighted by Crippen LogP contribution is 2.16. The Kier molecular flexibility index (Phi) is 6.70. The van der Waals surface area contributed by atoms with E-state index >= 15 is 0 Å². The molecule has 0 aliphatic carbocycles. The minimum Gasteiger partial charge on any atom is -0.356 e. The molecule has 0 aliphatic rings. The van der Waals surface area contributed by atoms with Gasteiger partial charge in [-0.3, -0.25) is 4.99 Å². The quantitative estimate of drug-likeness (QED) is 0.465. The molecule has 2 N–H and O–H groups in total. The second-order valence-corrected chi connectivity index (χ2v) is 4.97. The van der Waals surface area contributed by atoms with Crippen molar-refractivity contribution < 1.29 is 0 Å². The van der Waals surface area contributed by atoms with E-state index in [0.29, 0.717) is 5.92 Å². The molecule has 0 saturated heterocycles. The van der Waals surface area contributed by atoms with Gasteiger partial charge in [0.2, 0.25) is 0 Å². The summed E-state index contributed by atoms with van der Waals surface area (Å²) in [5.74, 6) is 1.42. The smallest absolute Gasteiger partial charge is 0.190 e. The zero-order valence-corrected chi connectivity index (χ0v) is 11.8. The predicted octanol–water partition coefficient (Wildman–Crippen LogP) is 2.82. The van der Waals surface area contributed by atoms with Gasteiger partial charge in [0.25, 0.3) is 0 Å². The maximum absolute atomic E-state index is 4.21. The van der Waals surface area contributed by atoms with E-state index in [1.165, 1.54) is 18.4 Å². The number of nitrogens with one attached hydrogen (secondary N) is 2. The van der Waals surface area contributed by atoms with E-state index < -0.39 is 0 Å². The SMILES string of the molecule is CCCCNC(=NC)NCC(C)c1ccsc1. The van der Waals surface area contributed by atoms with Crippen LogP contribution in [0.3, 0.4) is 0 Å². The standard InChI is InChI=1S/C13H23N3S/c1-4-5-7-15-13(14-3)16-9-11(2)12-6-8-17-10-12/h6,8,10-11H,4-5,7,9H2,1-3H3,(H2,14,15,16). The van der Waals surface area contributed by atoms with Gasteiger partial charge in [-0.25, -0.2) is 0 Å². The van der Waals surface area contributed by atoms with Crippen LogP contribution in [0, 0.1) is 0 Å². The maximum atomic E-state index is 4.21. The fourth-order valence-corrected chi connectivity index (χ4v) is 2.31. The van der Waals surface area contributed by atoms with Gasteiger partial charge >= 0.3 is 0 Å². The number of thiophene rings is 1. The zero-order chi connectivity index (χ0) is 12.5. The third-order valence-corrected chi connectivity index (χ3v) is 3.44. The number of nitrogens with zero attached hydrogens (tertiary/aromatic N) is 1. The highest BCUT2D eigenvalue weighted by atomic mass is 32.1. The Balaban J connectivity index is 2.28. The third kappa shape index (κ3) is 5.22. The van der Waals surface area contributed by atoms with Crippen LogP contribution in [-0.4, -0.2) is 26.1 Å². The van der Waals surface area contributed by atoms with Gasteiger partial charge in [-0.15, -0.1) is 0 Å². The predicted molar refractivity (Wildman–Crippen MR) is 77.0 cm³/mol. The lowest BCUT2D eigenvalue weighted by Gasteiger charge is -2.15. The Morgan fingerprint density at radius 2 is 2.29 bits per heavy atom. The van der Waals surface area contributed by atoms with Crippen LogP contribution >= 0.6 is 11.3 Å². The van der Waals surface area contributed by atoms with Crippen molar-refractivity contribution in [1.82, 2.24) is 10.6 Å². The maximum Gasteiger partial charge on any atom is 0.190 e. The summed E-state index contributed by atoms with van der Waals surface area (Å²) in [6, 6.07) is 2.18. The van der Waals surface area contributed by atoms with Gasteiger partial charge < -0.3 is 10.6 Å². The van der Waals surface area contributed by atoms with Crippen molar-refractivity contribution in [3.63, 3.8) is 0 Å². The molecule has 1 aromatic rings. The molecule has 17 heavy (non-hydrogen) atoms. The summed E-state index contributed by atoms with van der Waals surface area (Å²) in [6.45, 7) is 6.33. The number of hydrogen-bond acceptors (Lipinski definition) is 2. The van der Waals surface area contributed by atoms with Crippen LogP contribution in [0.1, 0.15) is 38.2 Å². The third-order valence-electron chi connectivity index (χ3n) is 2.73. The van der Waals surface area contributed by atoms with E-state index in [-0.39, 0.29) is 0 Å². The molecule has 0 aromatic carbocycles. The van der Waals surface area contributed by atoms with Crippen LogP contribution in [0.4, 0.5) is 0 Å². The fourth-order valence-electron chi connectivity index (χ4n) is 1.53. The second kappa shape index (κ2) is 8.12. The topological polar surface area (TPSA) is 36.4 Å². The van der Waals surface area contributed by atoms with Gasteiger partial charge in [0, 0.05) is 20.1 Å². The Bertz CT molecular complexity index is 319. The summed E-state index contributed by atoms with van der Waals surface area (Å²) in [6.07, 6.45) is 2.39. The number of guanidine groups is 1. The molecule has 0 bridgehead atoms. The highest BCUT2D eigenvalue weighted by Gasteiger charge is 2.06. The summed E-state index contributed by atoms with van der Waals surface area (Å²) >= 11 is 1.75. The minimum absolute atomic E-state index is 0.519. The van der Waals surface area contributed by atoms with Crippen molar-refractivity contribution in [3.05, 3.63) is 22.4 Å². The van der Waals surface area contributed by atoms with Crippen molar-refractivity contribution in [2.75, 3.05) is 20.1 Å². The lowest BCUT2D eigenvalue weighted by atomic mass is 10.1. The molecule has 1 atom stereocenters. The summed E-state index contributed by atoms with van der Waals surface area (Å²) in [4.78, 5) is 4.21. The molecule has 0 aliphatic heterocycles. The van der Waals surface area contributed by atoms with Crippen molar-refractivity contribution in [2.45, 2.75) is 32.6 Å². The van der Waals surface area contributed by atoms with Crippen LogP contribution in [-0.2, 0) is 0 Å². The Morgan fingerprint density at radius 1 is 1.47 bits per heavy atom. The number of hydrogen-bond donors (Lipinski definition) is 2. The molecule has 0 spiro atoms. The molecule has 1 heterocycles. The van der Waals surface area contributed by atoms with Crippen molar-refractivity contribution >= 4 is 17.3 Å². The molecular weight excluding hydrogens is 230 g/mol. The van der Waals surface area contributed by atoms with Gasteiger partial charge in [-0.2, -0.15) is 11.3 Å². The second-order valence-electron chi connectivity index (χ2n) is 4.19. The van der Waals surface area contributed by atoms with Gasteiger partial charge in [0.05, 0.1) is 0 Å². The number of aliphatic imine (C=N–C) groups is 1. The molecule has 96 valence electrons. The largest absolute Gasteiger partial charge is 0.356 e. The average molecular weight is 253 g/mol. The average Bonchev–Trinajstić information content (AvgIpc) is 2.87. The van der Waals surface area contributed by atoms with Gasteiger partial charge in [0.15, 0.2) is 5.96 Å². The molecular formula is C13H23N3S. The highest BCUT2D eigenvalue weighted by molar-refractivity contribution is 7.07.